The van der Waals surface area contributed by atoms with Crippen LogP contribution in [0.15, 0.2) is 36.4 Å². The van der Waals surface area contributed by atoms with Crippen molar-refractivity contribution in [1.29, 1.82) is 0 Å². The Morgan fingerprint density at radius 3 is 2.55 bits per heavy atom. The van der Waals surface area contributed by atoms with E-state index in [2.05, 4.69) is 47.1 Å². The predicted molar refractivity (Wildman–Crippen MR) is 122 cm³/mol. The van der Waals surface area contributed by atoms with E-state index in [1.807, 2.05) is 17.4 Å². The van der Waals surface area contributed by atoms with Gasteiger partial charge in [0.25, 0.3) is 0 Å². The summed E-state index contributed by atoms with van der Waals surface area (Å²) >= 11 is 1.82. The number of pyridine rings is 1. The summed E-state index contributed by atoms with van der Waals surface area (Å²) in [6, 6.07) is 13.0. The molecule has 1 fully saturated rings. The number of hydrogen-bond acceptors (Lipinski definition) is 6. The molecular formula is C23H25N3O2S. The summed E-state index contributed by atoms with van der Waals surface area (Å²) in [5.41, 5.74) is 1.08. The monoisotopic (exact) mass is 407 g/mol. The summed E-state index contributed by atoms with van der Waals surface area (Å²) in [6.07, 6.45) is 0. The molecular weight excluding hydrogens is 382 g/mol. The van der Waals surface area contributed by atoms with Crippen molar-refractivity contribution in [3.8, 4) is 5.75 Å². The molecule has 0 bridgehead atoms. The van der Waals surface area contributed by atoms with Gasteiger partial charge in [-0.1, -0.05) is 6.07 Å². The maximum absolute atomic E-state index is 9.24. The topological polar surface area (TPSA) is 48.8 Å². The number of ether oxygens (including phenoxy) is 1. The molecule has 1 aliphatic rings. The molecule has 3 heterocycles. The summed E-state index contributed by atoms with van der Waals surface area (Å²) in [4.78, 5) is 11.2. The van der Waals surface area contributed by atoms with Crippen LogP contribution in [0.4, 0.5) is 5.82 Å². The number of nitrogens with zero attached hydrogens (tertiary/aromatic N) is 3. The highest BCUT2D eigenvalue weighted by Gasteiger charge is 2.21. The lowest BCUT2D eigenvalue weighted by molar-refractivity contribution is 0.188. The number of hydrogen-bond donors (Lipinski definition) is 1. The summed E-state index contributed by atoms with van der Waals surface area (Å²) in [5.74, 6) is 1.89. The van der Waals surface area contributed by atoms with Gasteiger partial charge in [-0.15, -0.1) is 11.3 Å². The lowest BCUT2D eigenvalue weighted by Gasteiger charge is -2.35. The molecule has 1 N–H and O–H groups in total. The molecule has 0 amide bonds. The van der Waals surface area contributed by atoms with Crippen molar-refractivity contribution in [2.24, 2.45) is 0 Å². The average molecular weight is 408 g/mol. The normalized spacial score (nSPS) is 15.6. The molecule has 5 nitrogen and oxygen atoms in total. The van der Waals surface area contributed by atoms with E-state index in [0.29, 0.717) is 0 Å². The van der Waals surface area contributed by atoms with Gasteiger partial charge in [-0.3, -0.25) is 4.90 Å². The summed E-state index contributed by atoms with van der Waals surface area (Å²) in [6.45, 7) is 6.80. The fourth-order valence-corrected chi connectivity index (χ4v) is 5.29. The van der Waals surface area contributed by atoms with Gasteiger partial charge in [0.1, 0.15) is 11.6 Å². The summed E-state index contributed by atoms with van der Waals surface area (Å²) < 4.78 is 6.80. The number of piperazine rings is 1. The first kappa shape index (κ1) is 18.6. The zero-order valence-corrected chi connectivity index (χ0v) is 17.6. The van der Waals surface area contributed by atoms with E-state index < -0.39 is 0 Å². The summed E-state index contributed by atoms with van der Waals surface area (Å²) in [7, 11) is 1.71. The number of rotatable bonds is 4. The molecule has 0 radical (unpaired) electrons. The molecule has 0 spiro atoms. The van der Waals surface area contributed by atoms with Gasteiger partial charge in [-0.2, -0.15) is 0 Å². The van der Waals surface area contributed by atoms with Crippen LogP contribution < -0.4 is 9.64 Å². The Bertz CT molecular complexity index is 1200. The Balaban J connectivity index is 1.72. The van der Waals surface area contributed by atoms with Gasteiger partial charge in [-0.25, -0.2) is 4.98 Å². The number of benzene rings is 2. The van der Waals surface area contributed by atoms with Crippen LogP contribution in [0.3, 0.4) is 0 Å². The SMILES string of the molecule is COc1ccc2c(c1)c(N1CCN(CCO)CC1)nc1c3cc(C)sc3ccc21. The van der Waals surface area contributed by atoms with Crippen molar-refractivity contribution in [2.75, 3.05) is 51.3 Å². The number of anilines is 1. The van der Waals surface area contributed by atoms with Crippen LogP contribution in [-0.2, 0) is 0 Å². The number of aromatic nitrogens is 1. The minimum atomic E-state index is 0.212. The number of aliphatic hydroxyl groups excluding tert-OH is 1. The van der Waals surface area contributed by atoms with Gasteiger partial charge < -0.3 is 14.7 Å². The second-order valence-electron chi connectivity index (χ2n) is 7.63. The second-order valence-corrected chi connectivity index (χ2v) is 8.92. The Labute approximate surface area is 174 Å². The van der Waals surface area contributed by atoms with E-state index in [1.165, 1.54) is 25.7 Å². The molecule has 1 saturated heterocycles. The van der Waals surface area contributed by atoms with Gasteiger partial charge in [-0.05, 0) is 42.6 Å². The molecule has 150 valence electrons. The molecule has 29 heavy (non-hydrogen) atoms. The van der Waals surface area contributed by atoms with Crippen LogP contribution in [0.1, 0.15) is 4.88 Å². The van der Waals surface area contributed by atoms with E-state index >= 15 is 0 Å². The Morgan fingerprint density at radius 1 is 1.00 bits per heavy atom. The average Bonchev–Trinajstić information content (AvgIpc) is 3.14. The van der Waals surface area contributed by atoms with E-state index in [4.69, 9.17) is 9.72 Å². The zero-order valence-electron chi connectivity index (χ0n) is 16.8. The predicted octanol–water partition coefficient (Wildman–Crippen LogP) is 4.03. The molecule has 4 aromatic rings. The van der Waals surface area contributed by atoms with Gasteiger partial charge in [0.2, 0.25) is 0 Å². The third kappa shape index (κ3) is 3.21. The quantitative estimate of drug-likeness (QED) is 0.518. The fraction of sp³-hybridized carbons (Fsp3) is 0.348. The highest BCUT2D eigenvalue weighted by atomic mass is 32.1. The number of β-amino-alcohol motifs (C(OH)–C–C–N with tert-alkyl or cyclic N) is 1. The van der Waals surface area contributed by atoms with Gasteiger partial charge in [0, 0.05) is 58.5 Å². The maximum Gasteiger partial charge on any atom is 0.137 e. The number of aryl methyl sites for hydroxylation is 1. The van der Waals surface area contributed by atoms with E-state index in [-0.39, 0.29) is 6.61 Å². The fourth-order valence-electron chi connectivity index (χ4n) is 4.36. The van der Waals surface area contributed by atoms with Crippen LogP contribution in [0.5, 0.6) is 5.75 Å². The molecule has 0 unspecified atom stereocenters. The molecule has 5 rings (SSSR count). The lowest BCUT2D eigenvalue weighted by atomic mass is 10.0. The third-order valence-electron chi connectivity index (χ3n) is 5.86. The molecule has 6 heteroatoms. The number of aliphatic hydroxyl groups is 1. The van der Waals surface area contributed by atoms with Gasteiger partial charge >= 0.3 is 0 Å². The first-order valence-electron chi connectivity index (χ1n) is 10.1. The Morgan fingerprint density at radius 2 is 1.79 bits per heavy atom. The van der Waals surface area contributed by atoms with E-state index in [9.17, 15) is 5.11 Å². The molecule has 0 atom stereocenters. The smallest absolute Gasteiger partial charge is 0.137 e. The van der Waals surface area contributed by atoms with Crippen LogP contribution >= 0.6 is 11.3 Å². The number of fused-ring (bicyclic) bond motifs is 5. The molecule has 2 aromatic heterocycles. The highest BCUT2D eigenvalue weighted by molar-refractivity contribution is 7.19. The van der Waals surface area contributed by atoms with E-state index in [0.717, 1.165) is 55.2 Å². The van der Waals surface area contributed by atoms with Crippen molar-refractivity contribution in [3.63, 3.8) is 0 Å². The van der Waals surface area contributed by atoms with Crippen molar-refractivity contribution in [1.82, 2.24) is 9.88 Å². The highest BCUT2D eigenvalue weighted by Crippen LogP contribution is 2.38. The summed E-state index contributed by atoms with van der Waals surface area (Å²) in [5, 5.41) is 14.0. The Hall–Kier alpha value is -2.41. The maximum atomic E-state index is 9.24. The van der Waals surface area contributed by atoms with Crippen molar-refractivity contribution in [3.05, 3.63) is 41.3 Å². The second kappa shape index (κ2) is 7.44. The molecule has 0 saturated carbocycles. The molecule has 1 aliphatic heterocycles. The van der Waals surface area contributed by atoms with Gasteiger partial charge in [0.05, 0.1) is 19.2 Å². The first-order chi connectivity index (χ1) is 14.2. The zero-order chi connectivity index (χ0) is 20.0. The number of thiophene rings is 1. The van der Waals surface area contributed by atoms with Crippen LogP contribution in [-0.4, -0.2) is 61.4 Å². The third-order valence-corrected chi connectivity index (χ3v) is 6.87. The lowest BCUT2D eigenvalue weighted by Crippen LogP contribution is -2.47. The molecule has 2 aromatic carbocycles. The van der Waals surface area contributed by atoms with Crippen LogP contribution in [0.2, 0.25) is 0 Å². The Kier molecular flexibility index (Phi) is 4.78. The minimum absolute atomic E-state index is 0.212. The van der Waals surface area contributed by atoms with Crippen molar-refractivity contribution in [2.45, 2.75) is 6.92 Å². The van der Waals surface area contributed by atoms with Crippen LogP contribution in [0, 0.1) is 6.92 Å². The first-order valence-corrected chi connectivity index (χ1v) is 10.9. The standard InChI is InChI=1S/C23H25N3O2S/c1-15-13-20-21(29-15)6-5-18-17-4-3-16(28-2)14-19(17)23(24-22(18)20)26-9-7-25(8-10-26)11-12-27/h3-6,13-14,27H,7-12H2,1-2H3. The van der Waals surface area contributed by atoms with Crippen LogP contribution in [0.25, 0.3) is 31.8 Å². The van der Waals surface area contributed by atoms with E-state index in [1.54, 1.807) is 7.11 Å². The largest absolute Gasteiger partial charge is 0.497 e. The van der Waals surface area contributed by atoms with Crippen molar-refractivity contribution >= 4 is 48.9 Å². The number of methoxy groups -OCH3 is 1. The van der Waals surface area contributed by atoms with Crippen molar-refractivity contribution < 1.29 is 9.84 Å². The molecule has 0 aliphatic carbocycles. The van der Waals surface area contributed by atoms with Gasteiger partial charge in [0.15, 0.2) is 0 Å². The minimum Gasteiger partial charge on any atom is -0.497 e.